The van der Waals surface area contributed by atoms with Gasteiger partial charge in [0.05, 0.1) is 32.3 Å². The Balaban J connectivity index is 1.68. The fourth-order valence-electron chi connectivity index (χ4n) is 3.80. The van der Waals surface area contributed by atoms with Crippen LogP contribution in [0.15, 0.2) is 23.1 Å². The number of carbonyl (C=O) groups is 2. The first-order valence-electron chi connectivity index (χ1n) is 10.3. The Morgan fingerprint density at radius 3 is 2.48 bits per heavy atom. The van der Waals surface area contributed by atoms with Crippen molar-refractivity contribution in [1.82, 2.24) is 14.9 Å². The van der Waals surface area contributed by atoms with Crippen LogP contribution in [-0.4, -0.2) is 70.7 Å². The van der Waals surface area contributed by atoms with Gasteiger partial charge in [0, 0.05) is 18.7 Å². The summed E-state index contributed by atoms with van der Waals surface area (Å²) in [5.74, 6) is -0.815. The molecule has 0 aromatic heterocycles. The van der Waals surface area contributed by atoms with Gasteiger partial charge in [0.15, 0.2) is 11.5 Å². The van der Waals surface area contributed by atoms with Crippen LogP contribution in [0.2, 0.25) is 0 Å². The van der Waals surface area contributed by atoms with Crippen LogP contribution < -0.4 is 20.1 Å². The van der Waals surface area contributed by atoms with E-state index in [-0.39, 0.29) is 29.8 Å². The number of rotatable bonds is 7. The molecule has 31 heavy (non-hydrogen) atoms. The van der Waals surface area contributed by atoms with E-state index in [1.54, 1.807) is 0 Å². The van der Waals surface area contributed by atoms with Gasteiger partial charge in [0.2, 0.25) is 10.0 Å². The second kappa shape index (κ2) is 10.3. The molecular weight excluding hydrogens is 426 g/mol. The molecule has 11 heteroatoms. The van der Waals surface area contributed by atoms with Crippen LogP contribution in [0.3, 0.4) is 0 Å². The predicted molar refractivity (Wildman–Crippen MR) is 111 cm³/mol. The fourth-order valence-corrected chi connectivity index (χ4v) is 5.38. The number of carbonyl (C=O) groups excluding carboxylic acids is 2. The number of amides is 2. The van der Waals surface area contributed by atoms with Crippen molar-refractivity contribution in [3.05, 3.63) is 18.2 Å². The number of sulfonamides is 1. The molecule has 2 fully saturated rings. The zero-order chi connectivity index (χ0) is 22.4. The number of benzene rings is 1. The lowest BCUT2D eigenvalue weighted by Crippen LogP contribution is -2.53. The Kier molecular flexibility index (Phi) is 7.74. The van der Waals surface area contributed by atoms with Crippen LogP contribution >= 0.6 is 0 Å². The molecule has 1 aliphatic heterocycles. The summed E-state index contributed by atoms with van der Waals surface area (Å²) in [6.45, 7) is 0.446. The maximum absolute atomic E-state index is 13.2. The molecule has 1 aliphatic carbocycles. The molecular formula is C20H29N3O7S. The number of ether oxygens (including phenoxy) is 3. The molecule has 0 bridgehead atoms. The molecule has 1 aromatic carbocycles. The number of hydrogen-bond acceptors (Lipinski definition) is 7. The molecule has 0 radical (unpaired) electrons. The van der Waals surface area contributed by atoms with Gasteiger partial charge in [-0.05, 0) is 31.4 Å². The Labute approximate surface area is 182 Å². The Morgan fingerprint density at radius 2 is 1.81 bits per heavy atom. The predicted octanol–water partition coefficient (Wildman–Crippen LogP) is 0.616. The fraction of sp³-hybridized carbons (Fsp3) is 0.600. The first kappa shape index (κ1) is 23.3. The molecule has 2 amide bonds. The molecule has 1 saturated carbocycles. The van der Waals surface area contributed by atoms with Crippen molar-refractivity contribution in [2.24, 2.45) is 0 Å². The molecule has 1 unspecified atom stereocenters. The first-order chi connectivity index (χ1) is 14.9. The largest absolute Gasteiger partial charge is 0.493 e. The van der Waals surface area contributed by atoms with E-state index in [9.17, 15) is 18.0 Å². The standard InChI is InChI=1S/C20H29N3O7S/c1-28-16-9-8-15(12-17(16)29-2)31(26,27)23-10-5-11-30-18(23)13-21-19(24)20(25)22-14-6-3-4-7-14/h8-9,12,14,18H,3-7,10-11,13H2,1-2H3,(H,21,24)(H,22,25). The van der Waals surface area contributed by atoms with E-state index in [0.717, 1.165) is 25.7 Å². The van der Waals surface area contributed by atoms with Crippen LogP contribution in [0.1, 0.15) is 32.1 Å². The van der Waals surface area contributed by atoms with Gasteiger partial charge in [-0.25, -0.2) is 8.42 Å². The van der Waals surface area contributed by atoms with E-state index in [4.69, 9.17) is 14.2 Å². The summed E-state index contributed by atoms with van der Waals surface area (Å²) < 4.78 is 43.6. The third kappa shape index (κ3) is 5.46. The van der Waals surface area contributed by atoms with E-state index < -0.39 is 28.1 Å². The molecule has 172 valence electrons. The lowest BCUT2D eigenvalue weighted by atomic mass is 10.2. The molecule has 1 saturated heterocycles. The van der Waals surface area contributed by atoms with Gasteiger partial charge in [-0.15, -0.1) is 0 Å². The zero-order valence-electron chi connectivity index (χ0n) is 17.8. The van der Waals surface area contributed by atoms with Gasteiger partial charge in [0.1, 0.15) is 6.23 Å². The monoisotopic (exact) mass is 455 g/mol. The Hall–Kier alpha value is -2.37. The number of hydrogen-bond donors (Lipinski definition) is 2. The van der Waals surface area contributed by atoms with Gasteiger partial charge >= 0.3 is 11.8 Å². The molecule has 2 N–H and O–H groups in total. The normalized spacial score (nSPS) is 20.3. The third-order valence-corrected chi connectivity index (χ3v) is 7.33. The Bertz CT molecular complexity index is 900. The van der Waals surface area contributed by atoms with Crippen molar-refractivity contribution in [2.75, 3.05) is 33.9 Å². The minimum Gasteiger partial charge on any atom is -0.493 e. The van der Waals surface area contributed by atoms with E-state index in [2.05, 4.69) is 10.6 Å². The second-order valence-electron chi connectivity index (χ2n) is 7.48. The van der Waals surface area contributed by atoms with Gasteiger partial charge in [-0.1, -0.05) is 12.8 Å². The maximum Gasteiger partial charge on any atom is 0.309 e. The summed E-state index contributed by atoms with van der Waals surface area (Å²) >= 11 is 0. The van der Waals surface area contributed by atoms with Crippen LogP contribution in [0.5, 0.6) is 11.5 Å². The van der Waals surface area contributed by atoms with E-state index in [1.165, 1.54) is 36.7 Å². The zero-order valence-corrected chi connectivity index (χ0v) is 18.6. The van der Waals surface area contributed by atoms with Crippen LogP contribution in [0.25, 0.3) is 0 Å². The SMILES string of the molecule is COc1ccc(S(=O)(=O)N2CCCOC2CNC(=O)C(=O)NC2CCCC2)cc1OC. The number of nitrogens with zero attached hydrogens (tertiary/aromatic N) is 1. The van der Waals surface area contributed by atoms with Crippen molar-refractivity contribution in [3.63, 3.8) is 0 Å². The first-order valence-corrected chi connectivity index (χ1v) is 11.7. The molecule has 1 atom stereocenters. The highest BCUT2D eigenvalue weighted by Crippen LogP contribution is 2.31. The van der Waals surface area contributed by atoms with Crippen molar-refractivity contribution in [1.29, 1.82) is 0 Å². The van der Waals surface area contributed by atoms with E-state index >= 15 is 0 Å². The van der Waals surface area contributed by atoms with Gasteiger partial charge in [-0.3, -0.25) is 9.59 Å². The van der Waals surface area contributed by atoms with Crippen molar-refractivity contribution >= 4 is 21.8 Å². The molecule has 0 spiro atoms. The molecule has 10 nitrogen and oxygen atoms in total. The molecule has 3 rings (SSSR count). The summed E-state index contributed by atoms with van der Waals surface area (Å²) in [5.41, 5.74) is 0. The quantitative estimate of drug-likeness (QED) is 0.578. The average Bonchev–Trinajstić information content (AvgIpc) is 3.30. The van der Waals surface area contributed by atoms with Gasteiger partial charge in [-0.2, -0.15) is 4.31 Å². The molecule has 1 heterocycles. The summed E-state index contributed by atoms with van der Waals surface area (Å²) in [7, 11) is -1.05. The number of nitrogens with one attached hydrogen (secondary N) is 2. The summed E-state index contributed by atoms with van der Waals surface area (Å²) in [6.07, 6.45) is 3.38. The summed E-state index contributed by atoms with van der Waals surface area (Å²) in [4.78, 5) is 24.3. The highest BCUT2D eigenvalue weighted by molar-refractivity contribution is 7.89. The minimum absolute atomic E-state index is 0.0194. The highest BCUT2D eigenvalue weighted by Gasteiger charge is 2.35. The summed E-state index contributed by atoms with van der Waals surface area (Å²) in [6, 6.07) is 4.34. The molecule has 2 aliphatic rings. The lowest BCUT2D eigenvalue weighted by Gasteiger charge is -2.34. The van der Waals surface area contributed by atoms with Crippen LogP contribution in [-0.2, 0) is 24.3 Å². The van der Waals surface area contributed by atoms with E-state index in [0.29, 0.717) is 18.8 Å². The lowest BCUT2D eigenvalue weighted by molar-refractivity contribution is -0.140. The van der Waals surface area contributed by atoms with Crippen molar-refractivity contribution < 1.29 is 32.2 Å². The minimum atomic E-state index is -3.93. The van der Waals surface area contributed by atoms with Crippen molar-refractivity contribution in [2.45, 2.75) is 49.3 Å². The van der Waals surface area contributed by atoms with Gasteiger partial charge < -0.3 is 24.8 Å². The van der Waals surface area contributed by atoms with Crippen molar-refractivity contribution in [3.8, 4) is 11.5 Å². The van der Waals surface area contributed by atoms with E-state index in [1.807, 2.05) is 0 Å². The smallest absolute Gasteiger partial charge is 0.309 e. The second-order valence-corrected chi connectivity index (χ2v) is 9.37. The average molecular weight is 456 g/mol. The number of methoxy groups -OCH3 is 2. The van der Waals surface area contributed by atoms with Crippen LogP contribution in [0, 0.1) is 0 Å². The van der Waals surface area contributed by atoms with Crippen LogP contribution in [0.4, 0.5) is 0 Å². The maximum atomic E-state index is 13.2. The van der Waals surface area contributed by atoms with Gasteiger partial charge in [0.25, 0.3) is 0 Å². The Morgan fingerprint density at radius 1 is 1.10 bits per heavy atom. The molecule has 1 aromatic rings. The topological polar surface area (TPSA) is 123 Å². The summed E-state index contributed by atoms with van der Waals surface area (Å²) in [5, 5.41) is 5.20. The third-order valence-electron chi connectivity index (χ3n) is 5.45. The highest BCUT2D eigenvalue weighted by atomic mass is 32.2.